The smallest absolute Gasteiger partial charge is 0.305 e. The number of carbonyl (C=O) groups excluding carboxylic acids is 1. The number of hydrogen-bond acceptors (Lipinski definition) is 2. The standard InChI is InChI=1S/C23H32O2Si2/c1-17-7-11-19(12-8-17)26(3,4)21-15-23(24)25-16-22(21)27(5,6)20-13-9-18(2)10-14-20/h7-14,21-22H,15-16H2,1-6H3/t21-,22+/m0/s1. The fourth-order valence-electron chi connectivity index (χ4n) is 4.54. The fraction of sp³-hybridized carbons (Fsp3) is 0.435. The number of rotatable bonds is 4. The molecule has 0 aromatic heterocycles. The minimum Gasteiger partial charge on any atom is -0.466 e. The highest BCUT2D eigenvalue weighted by Crippen LogP contribution is 2.45. The Hall–Kier alpha value is -1.66. The Bertz CT molecular complexity index is 807. The van der Waals surface area contributed by atoms with Gasteiger partial charge in [-0.1, -0.05) is 96.2 Å². The lowest BCUT2D eigenvalue weighted by atomic mass is 10.2. The zero-order valence-corrected chi connectivity index (χ0v) is 19.5. The van der Waals surface area contributed by atoms with Crippen LogP contribution in [0, 0.1) is 13.8 Å². The van der Waals surface area contributed by atoms with Crippen LogP contribution >= 0.6 is 0 Å². The molecule has 2 atom stereocenters. The van der Waals surface area contributed by atoms with Crippen molar-refractivity contribution in [1.82, 2.24) is 0 Å². The normalized spacial score (nSPS) is 21.0. The lowest BCUT2D eigenvalue weighted by Crippen LogP contribution is -2.58. The summed E-state index contributed by atoms with van der Waals surface area (Å²) in [6, 6.07) is 18.0. The molecule has 0 bridgehead atoms. The molecule has 144 valence electrons. The van der Waals surface area contributed by atoms with E-state index in [1.54, 1.807) is 0 Å². The summed E-state index contributed by atoms with van der Waals surface area (Å²) < 4.78 is 5.62. The van der Waals surface area contributed by atoms with Crippen molar-refractivity contribution in [3.8, 4) is 0 Å². The molecule has 0 unspecified atom stereocenters. The van der Waals surface area contributed by atoms with Crippen LogP contribution < -0.4 is 10.4 Å². The number of cyclic esters (lactones) is 1. The van der Waals surface area contributed by atoms with Gasteiger partial charge >= 0.3 is 5.97 Å². The van der Waals surface area contributed by atoms with Gasteiger partial charge in [-0.15, -0.1) is 0 Å². The molecule has 0 aliphatic carbocycles. The molecule has 2 aromatic carbocycles. The second kappa shape index (κ2) is 7.40. The van der Waals surface area contributed by atoms with Crippen molar-refractivity contribution in [3.05, 3.63) is 59.7 Å². The molecule has 1 fully saturated rings. The summed E-state index contributed by atoms with van der Waals surface area (Å²) in [7, 11) is -3.62. The van der Waals surface area contributed by atoms with Crippen LogP contribution in [0.2, 0.25) is 37.3 Å². The maximum Gasteiger partial charge on any atom is 0.305 e. The van der Waals surface area contributed by atoms with Crippen molar-refractivity contribution in [1.29, 1.82) is 0 Å². The van der Waals surface area contributed by atoms with Crippen molar-refractivity contribution in [2.75, 3.05) is 6.61 Å². The molecule has 3 rings (SSSR count). The van der Waals surface area contributed by atoms with E-state index in [0.717, 1.165) is 0 Å². The fourth-order valence-corrected chi connectivity index (χ4v) is 13.4. The van der Waals surface area contributed by atoms with Crippen LogP contribution in [0.1, 0.15) is 17.5 Å². The maximum absolute atomic E-state index is 12.3. The highest BCUT2D eigenvalue weighted by atomic mass is 28.3. The van der Waals surface area contributed by atoms with Crippen LogP contribution in [0.15, 0.2) is 48.5 Å². The van der Waals surface area contributed by atoms with E-state index in [2.05, 4.69) is 88.6 Å². The van der Waals surface area contributed by atoms with Gasteiger partial charge in [0.2, 0.25) is 0 Å². The van der Waals surface area contributed by atoms with Gasteiger partial charge in [-0.05, 0) is 24.9 Å². The van der Waals surface area contributed by atoms with Gasteiger partial charge in [-0.3, -0.25) is 4.79 Å². The van der Waals surface area contributed by atoms with Gasteiger partial charge in [0.25, 0.3) is 0 Å². The van der Waals surface area contributed by atoms with E-state index in [-0.39, 0.29) is 5.97 Å². The summed E-state index contributed by atoms with van der Waals surface area (Å²) in [5, 5.41) is 2.92. The molecule has 4 heteroatoms. The number of carbonyl (C=O) groups is 1. The number of benzene rings is 2. The first kappa shape index (κ1) is 20.1. The molecule has 1 aliphatic heterocycles. The van der Waals surface area contributed by atoms with E-state index in [9.17, 15) is 4.79 Å². The SMILES string of the molecule is Cc1ccc([Si](C)(C)[C@@H]2COC(=O)C[C@@H]2[Si](C)(C)c2ccc(C)cc2)cc1. The summed E-state index contributed by atoms with van der Waals surface area (Å²) in [6.07, 6.45) is 0.570. The van der Waals surface area contributed by atoms with Gasteiger partial charge in [-0.25, -0.2) is 0 Å². The Morgan fingerprint density at radius 2 is 1.15 bits per heavy atom. The molecule has 1 saturated heterocycles. The predicted molar refractivity (Wildman–Crippen MR) is 120 cm³/mol. The van der Waals surface area contributed by atoms with Crippen LogP contribution in [0.4, 0.5) is 0 Å². The third kappa shape index (κ3) is 3.97. The molecular formula is C23H32O2Si2. The van der Waals surface area contributed by atoms with Crippen LogP contribution in [0.3, 0.4) is 0 Å². The van der Waals surface area contributed by atoms with Crippen LogP contribution in [0.5, 0.6) is 0 Å². The predicted octanol–water partition coefficient (Wildman–Crippen LogP) is 4.52. The Balaban J connectivity index is 2.00. The number of ether oxygens (including phenoxy) is 1. The van der Waals surface area contributed by atoms with Crippen molar-refractivity contribution < 1.29 is 9.53 Å². The number of aryl methyl sites for hydroxylation is 2. The van der Waals surface area contributed by atoms with E-state index in [4.69, 9.17) is 4.74 Å². The highest BCUT2D eigenvalue weighted by Gasteiger charge is 2.50. The topological polar surface area (TPSA) is 26.3 Å². The second-order valence-electron chi connectivity index (χ2n) is 9.28. The largest absolute Gasteiger partial charge is 0.466 e. The van der Waals surface area contributed by atoms with E-state index in [1.165, 1.54) is 21.5 Å². The van der Waals surface area contributed by atoms with E-state index >= 15 is 0 Å². The van der Waals surface area contributed by atoms with Gasteiger partial charge in [0.15, 0.2) is 0 Å². The quantitative estimate of drug-likeness (QED) is 0.561. The lowest BCUT2D eigenvalue weighted by Gasteiger charge is -2.46. The molecular weight excluding hydrogens is 364 g/mol. The Labute approximate surface area is 166 Å². The van der Waals surface area contributed by atoms with E-state index in [0.29, 0.717) is 24.1 Å². The number of hydrogen-bond donors (Lipinski definition) is 0. The first-order chi connectivity index (χ1) is 12.6. The minimum absolute atomic E-state index is 0.0161. The first-order valence-corrected chi connectivity index (χ1v) is 16.1. The van der Waals surface area contributed by atoms with Crippen molar-refractivity contribution >= 4 is 32.5 Å². The Morgan fingerprint density at radius 1 is 0.741 bits per heavy atom. The average molecular weight is 397 g/mol. The molecule has 0 spiro atoms. The minimum atomic E-state index is -1.83. The van der Waals surface area contributed by atoms with Crippen LogP contribution in [0.25, 0.3) is 0 Å². The van der Waals surface area contributed by atoms with Crippen molar-refractivity contribution in [3.63, 3.8) is 0 Å². The van der Waals surface area contributed by atoms with Gasteiger partial charge in [0.05, 0.1) is 22.8 Å². The van der Waals surface area contributed by atoms with Crippen LogP contribution in [-0.4, -0.2) is 28.7 Å². The highest BCUT2D eigenvalue weighted by molar-refractivity contribution is 6.96. The lowest BCUT2D eigenvalue weighted by molar-refractivity contribution is -0.146. The van der Waals surface area contributed by atoms with Gasteiger partial charge in [-0.2, -0.15) is 0 Å². The number of esters is 1. The summed E-state index contributed by atoms with van der Waals surface area (Å²) in [6.45, 7) is 14.6. The third-order valence-electron chi connectivity index (χ3n) is 6.74. The van der Waals surface area contributed by atoms with Crippen molar-refractivity contribution in [2.24, 2.45) is 0 Å². The van der Waals surface area contributed by atoms with Gasteiger partial charge in [0, 0.05) is 6.42 Å². The molecule has 0 amide bonds. The van der Waals surface area contributed by atoms with E-state index < -0.39 is 16.1 Å². The molecule has 1 aliphatic rings. The Morgan fingerprint density at radius 3 is 1.59 bits per heavy atom. The molecule has 27 heavy (non-hydrogen) atoms. The zero-order chi connectivity index (χ0) is 19.8. The summed E-state index contributed by atoms with van der Waals surface area (Å²) in [4.78, 5) is 12.3. The van der Waals surface area contributed by atoms with Gasteiger partial charge < -0.3 is 4.74 Å². The van der Waals surface area contributed by atoms with Gasteiger partial charge in [0.1, 0.15) is 0 Å². The molecule has 2 aromatic rings. The monoisotopic (exact) mass is 396 g/mol. The summed E-state index contributed by atoms with van der Waals surface area (Å²) in [5.74, 6) is -0.0161. The summed E-state index contributed by atoms with van der Waals surface area (Å²) in [5.41, 5.74) is 3.47. The molecule has 2 nitrogen and oxygen atoms in total. The van der Waals surface area contributed by atoms with Crippen molar-refractivity contribution in [2.45, 2.75) is 57.5 Å². The summed E-state index contributed by atoms with van der Waals surface area (Å²) >= 11 is 0. The maximum atomic E-state index is 12.3. The Kier molecular flexibility index (Phi) is 5.50. The second-order valence-corrected chi connectivity index (χ2v) is 18.8. The average Bonchev–Trinajstić information content (AvgIpc) is 2.62. The van der Waals surface area contributed by atoms with Crippen LogP contribution in [-0.2, 0) is 9.53 Å². The molecule has 0 radical (unpaired) electrons. The van der Waals surface area contributed by atoms with E-state index in [1.807, 2.05) is 0 Å². The molecule has 0 N–H and O–H groups in total. The molecule has 0 saturated carbocycles. The third-order valence-corrected chi connectivity index (χ3v) is 15.6. The zero-order valence-electron chi connectivity index (χ0n) is 17.5. The molecule has 1 heterocycles. The first-order valence-electron chi connectivity index (χ1n) is 9.92.